The molecule has 3 heterocycles. The number of alkyl halides is 5. The van der Waals surface area contributed by atoms with Gasteiger partial charge in [-0.1, -0.05) is 0 Å². The molecule has 1 saturated heterocycles. The molecule has 5 aliphatic rings. The van der Waals surface area contributed by atoms with Crippen LogP contribution in [0.1, 0.15) is 24.1 Å². The zero-order chi connectivity index (χ0) is 23.3. The summed E-state index contributed by atoms with van der Waals surface area (Å²) in [5.41, 5.74) is 5.23. The first-order valence-corrected chi connectivity index (χ1v) is 11.1. The number of rotatable bonds is 6. The van der Waals surface area contributed by atoms with Gasteiger partial charge >= 0.3 is 6.18 Å². The lowest BCUT2D eigenvalue weighted by Crippen LogP contribution is -2.34. The maximum absolute atomic E-state index is 13.4. The Balaban J connectivity index is 1.33. The molecule has 0 radical (unpaired) electrons. The number of fused-ring (bicyclic) bond motifs is 1. The molecular formula is C22H24F5N5O. The van der Waals surface area contributed by atoms with Gasteiger partial charge in [-0.25, -0.2) is 13.8 Å². The normalized spacial score (nSPS) is 34.8. The highest BCUT2D eigenvalue weighted by Crippen LogP contribution is 2.91. The van der Waals surface area contributed by atoms with Crippen LogP contribution in [-0.2, 0) is 22.9 Å². The van der Waals surface area contributed by atoms with Crippen LogP contribution in [0.2, 0.25) is 0 Å². The molecule has 6 atom stereocenters. The van der Waals surface area contributed by atoms with Crippen molar-refractivity contribution in [1.82, 2.24) is 19.7 Å². The van der Waals surface area contributed by atoms with Gasteiger partial charge in [0.2, 0.25) is 0 Å². The Labute approximate surface area is 186 Å². The minimum absolute atomic E-state index is 0.117. The summed E-state index contributed by atoms with van der Waals surface area (Å²) in [4.78, 5) is 6.13. The molecule has 0 amide bonds. The topological polar surface area (TPSA) is 69.2 Å². The van der Waals surface area contributed by atoms with Gasteiger partial charge in [0.25, 0.3) is 6.43 Å². The van der Waals surface area contributed by atoms with Crippen LogP contribution >= 0.6 is 0 Å². The number of ether oxygens (including phenoxy) is 1. The molecule has 4 saturated carbocycles. The van der Waals surface area contributed by atoms with Gasteiger partial charge in [0, 0.05) is 49.1 Å². The number of nitrogens with two attached hydrogens (primary N) is 1. The van der Waals surface area contributed by atoms with Crippen LogP contribution in [0.5, 0.6) is 0 Å². The number of methoxy groups -OCH3 is 1. The summed E-state index contributed by atoms with van der Waals surface area (Å²) in [7, 11) is 1.72. The molecule has 1 aliphatic heterocycles. The van der Waals surface area contributed by atoms with Crippen molar-refractivity contribution in [1.29, 1.82) is 0 Å². The number of pyridine rings is 1. The molecule has 0 aromatic carbocycles. The number of nitrogen functional groups attached to an aromatic ring is 1. The van der Waals surface area contributed by atoms with Gasteiger partial charge in [0.15, 0.2) is 0 Å². The van der Waals surface area contributed by atoms with E-state index in [0.29, 0.717) is 29.5 Å². The Morgan fingerprint density at radius 1 is 1.27 bits per heavy atom. The Hall–Kier alpha value is -2.27. The van der Waals surface area contributed by atoms with Crippen LogP contribution in [0.4, 0.5) is 27.8 Å². The first-order chi connectivity index (χ1) is 15.7. The third-order valence-corrected chi connectivity index (χ3v) is 8.26. The largest absolute Gasteiger partial charge is 0.419 e. The maximum atomic E-state index is 13.4. The molecule has 4 aliphatic carbocycles. The summed E-state index contributed by atoms with van der Waals surface area (Å²) in [6.07, 6.45) is -3.84. The second-order valence-corrected chi connectivity index (χ2v) is 9.68. The fraction of sp³-hybridized carbons (Fsp3) is 0.636. The summed E-state index contributed by atoms with van der Waals surface area (Å²) in [5, 5.41) is 4.31. The molecule has 0 spiro atoms. The lowest BCUT2D eigenvalue weighted by Gasteiger charge is -2.24. The quantitative estimate of drug-likeness (QED) is 0.657. The van der Waals surface area contributed by atoms with E-state index in [9.17, 15) is 22.0 Å². The van der Waals surface area contributed by atoms with E-state index in [1.807, 2.05) is 0 Å². The van der Waals surface area contributed by atoms with E-state index >= 15 is 0 Å². The molecule has 0 unspecified atom stereocenters. The second kappa shape index (κ2) is 6.88. The number of halogens is 5. The molecular weight excluding hydrogens is 445 g/mol. The molecule has 11 heteroatoms. The summed E-state index contributed by atoms with van der Waals surface area (Å²) < 4.78 is 73.4. The van der Waals surface area contributed by atoms with Crippen LogP contribution in [0.15, 0.2) is 18.3 Å². The smallest absolute Gasteiger partial charge is 0.383 e. The van der Waals surface area contributed by atoms with E-state index in [1.165, 1.54) is 10.9 Å². The number of hydrogen-bond acceptors (Lipinski definition) is 5. The van der Waals surface area contributed by atoms with Crippen molar-refractivity contribution in [2.24, 2.45) is 17.8 Å². The summed E-state index contributed by atoms with van der Waals surface area (Å²) in [6, 6.07) is 2.98. The Morgan fingerprint density at radius 3 is 2.70 bits per heavy atom. The Morgan fingerprint density at radius 2 is 2.06 bits per heavy atom. The zero-order valence-corrected chi connectivity index (χ0v) is 17.9. The van der Waals surface area contributed by atoms with E-state index in [2.05, 4.69) is 15.0 Å². The van der Waals surface area contributed by atoms with Gasteiger partial charge in [0.05, 0.1) is 17.4 Å². The maximum Gasteiger partial charge on any atom is 0.419 e. The van der Waals surface area contributed by atoms with Crippen molar-refractivity contribution in [2.45, 2.75) is 49.5 Å². The van der Waals surface area contributed by atoms with Gasteiger partial charge in [-0.3, -0.25) is 9.58 Å². The fourth-order valence-electron chi connectivity index (χ4n) is 6.83. The van der Waals surface area contributed by atoms with Crippen LogP contribution in [0.25, 0.3) is 11.3 Å². The minimum Gasteiger partial charge on any atom is -0.383 e. The van der Waals surface area contributed by atoms with Gasteiger partial charge < -0.3 is 10.5 Å². The molecule has 2 N–H and O–H groups in total. The van der Waals surface area contributed by atoms with E-state index in [-0.39, 0.29) is 22.8 Å². The van der Waals surface area contributed by atoms with Crippen molar-refractivity contribution in [2.75, 3.05) is 25.9 Å². The van der Waals surface area contributed by atoms with Crippen LogP contribution in [0.3, 0.4) is 0 Å². The van der Waals surface area contributed by atoms with Crippen LogP contribution < -0.4 is 5.73 Å². The van der Waals surface area contributed by atoms with Gasteiger partial charge in [-0.05, 0) is 42.7 Å². The lowest BCUT2D eigenvalue weighted by atomic mass is 10.00. The second-order valence-electron chi connectivity index (χ2n) is 9.68. The van der Waals surface area contributed by atoms with Crippen molar-refractivity contribution >= 4 is 5.82 Å². The molecule has 2 aromatic rings. The number of aromatic nitrogens is 3. The van der Waals surface area contributed by atoms with E-state index < -0.39 is 30.5 Å². The first-order valence-electron chi connectivity index (χ1n) is 11.1. The number of likely N-dealkylation sites (tertiary alicyclic amines) is 1. The van der Waals surface area contributed by atoms with Gasteiger partial charge in [-0.2, -0.15) is 18.3 Å². The molecule has 7 rings (SSSR count). The SMILES string of the molecule is CO[C@H]1CCN([C@H]2C[C@@H]3[C@@H]4[C@H]2[C@]43c2cc(-c3cnc(N)c(C(F)(F)F)c3)nn2CC(F)F)C1. The summed E-state index contributed by atoms with van der Waals surface area (Å²) in [5.74, 6) is 0.627. The van der Waals surface area contributed by atoms with Crippen molar-refractivity contribution in [3.8, 4) is 11.3 Å². The highest BCUT2D eigenvalue weighted by atomic mass is 19.4. The average molecular weight is 469 g/mol. The van der Waals surface area contributed by atoms with Crippen molar-refractivity contribution in [3.05, 3.63) is 29.6 Å². The van der Waals surface area contributed by atoms with Crippen LogP contribution in [0, 0.1) is 17.8 Å². The summed E-state index contributed by atoms with van der Waals surface area (Å²) in [6.45, 7) is 1.26. The predicted molar refractivity (Wildman–Crippen MR) is 108 cm³/mol. The Bertz CT molecular complexity index is 1100. The first kappa shape index (κ1) is 21.3. The molecule has 33 heavy (non-hydrogen) atoms. The summed E-state index contributed by atoms with van der Waals surface area (Å²) >= 11 is 0. The molecule has 2 aromatic heterocycles. The third kappa shape index (κ3) is 2.97. The number of nitrogens with zero attached hydrogens (tertiary/aromatic N) is 4. The van der Waals surface area contributed by atoms with Crippen molar-refractivity contribution < 1.29 is 26.7 Å². The minimum atomic E-state index is -4.67. The fourth-order valence-corrected chi connectivity index (χ4v) is 6.83. The standard InChI is InChI=1S/C22H24F5N5O/c1-33-11-2-3-31(8-11)15-5-12-18-19(15)21(12,18)16-6-14(30-32(16)9-17(23)24)10-4-13(22(25,26)27)20(28)29-7-10/h4,6-7,11-12,15,17-19H,2-3,5,8-9H2,1H3,(H2,28,29)/t11-,12+,15-,18+,19-,21+/m0/s1. The monoisotopic (exact) mass is 469 g/mol. The molecule has 5 fully saturated rings. The number of hydrogen-bond donors (Lipinski definition) is 1. The van der Waals surface area contributed by atoms with Crippen LogP contribution in [-0.4, -0.2) is 58.4 Å². The van der Waals surface area contributed by atoms with E-state index in [4.69, 9.17) is 10.5 Å². The highest BCUT2D eigenvalue weighted by Gasteiger charge is 2.93. The van der Waals surface area contributed by atoms with E-state index in [1.54, 1.807) is 13.2 Å². The number of anilines is 1. The zero-order valence-electron chi connectivity index (χ0n) is 17.9. The van der Waals surface area contributed by atoms with Gasteiger partial charge in [0.1, 0.15) is 12.4 Å². The molecule has 2 bridgehead atoms. The van der Waals surface area contributed by atoms with Gasteiger partial charge in [-0.15, -0.1) is 0 Å². The van der Waals surface area contributed by atoms with Crippen molar-refractivity contribution in [3.63, 3.8) is 0 Å². The highest BCUT2D eigenvalue weighted by molar-refractivity contribution is 5.65. The van der Waals surface area contributed by atoms with E-state index in [0.717, 1.165) is 32.0 Å². The average Bonchev–Trinajstić information content (AvgIpc) is 3.23. The molecule has 178 valence electrons. The third-order valence-electron chi connectivity index (χ3n) is 8.26. The predicted octanol–water partition coefficient (Wildman–Crippen LogP) is 3.42. The Kier molecular flexibility index (Phi) is 4.43. The molecule has 6 nitrogen and oxygen atoms in total. The lowest BCUT2D eigenvalue weighted by molar-refractivity contribution is -0.137.